The minimum absolute atomic E-state index is 0.148. The molecule has 0 spiro atoms. The van der Waals surface area contributed by atoms with Gasteiger partial charge in [-0.25, -0.2) is 0 Å². The molecule has 1 aliphatic rings. The summed E-state index contributed by atoms with van der Waals surface area (Å²) < 4.78 is 0. The number of hydrogen-bond donors (Lipinski definition) is 2. The number of nitrogens with zero attached hydrogens (tertiary/aromatic N) is 1. The molecule has 0 aliphatic carbocycles. The molecular formula is C14H29N3O. The van der Waals surface area contributed by atoms with Crippen LogP contribution in [0.4, 0.5) is 0 Å². The summed E-state index contributed by atoms with van der Waals surface area (Å²) in [5.74, 6) is 0.148. The van der Waals surface area contributed by atoms with Crippen LogP contribution < -0.4 is 10.6 Å². The normalized spacial score (nSPS) is 20.4. The van der Waals surface area contributed by atoms with Gasteiger partial charge in [-0.05, 0) is 46.2 Å². The zero-order chi connectivity index (χ0) is 13.4. The van der Waals surface area contributed by atoms with E-state index < -0.39 is 0 Å². The number of carbonyl (C=O) groups is 1. The van der Waals surface area contributed by atoms with Gasteiger partial charge in [0.15, 0.2) is 0 Å². The average Bonchev–Trinajstić information content (AvgIpc) is 2.38. The molecular weight excluding hydrogens is 226 g/mol. The number of carbonyl (C=O) groups excluding carboxylic acids is 1. The van der Waals surface area contributed by atoms with Gasteiger partial charge < -0.3 is 10.6 Å². The topological polar surface area (TPSA) is 44.4 Å². The van der Waals surface area contributed by atoms with E-state index in [1.54, 1.807) is 7.05 Å². The molecule has 18 heavy (non-hydrogen) atoms. The molecule has 4 nitrogen and oxygen atoms in total. The first-order valence-electron chi connectivity index (χ1n) is 7.31. The first-order chi connectivity index (χ1) is 8.63. The van der Waals surface area contributed by atoms with Gasteiger partial charge in [-0.1, -0.05) is 6.42 Å². The lowest BCUT2D eigenvalue weighted by molar-refractivity contribution is -0.120. The molecule has 4 heteroatoms. The van der Waals surface area contributed by atoms with Crippen molar-refractivity contribution in [2.24, 2.45) is 0 Å². The third-order valence-corrected chi connectivity index (χ3v) is 3.73. The summed E-state index contributed by atoms with van der Waals surface area (Å²) in [7, 11) is 1.70. The van der Waals surface area contributed by atoms with Crippen molar-refractivity contribution in [3.05, 3.63) is 0 Å². The van der Waals surface area contributed by atoms with E-state index in [9.17, 15) is 4.79 Å². The summed E-state index contributed by atoms with van der Waals surface area (Å²) in [6.07, 6.45) is 5.54. The molecule has 1 atom stereocenters. The highest BCUT2D eigenvalue weighted by atomic mass is 16.1. The SMILES string of the molecule is CNC(=O)CCCN(CC1CCCCN1)C(C)C. The molecule has 0 saturated carbocycles. The van der Waals surface area contributed by atoms with E-state index in [4.69, 9.17) is 0 Å². The molecule has 1 rings (SSSR count). The van der Waals surface area contributed by atoms with E-state index in [-0.39, 0.29) is 5.91 Å². The third-order valence-electron chi connectivity index (χ3n) is 3.73. The Morgan fingerprint density at radius 3 is 2.78 bits per heavy atom. The van der Waals surface area contributed by atoms with E-state index >= 15 is 0 Å². The lowest BCUT2D eigenvalue weighted by Gasteiger charge is -2.33. The Morgan fingerprint density at radius 1 is 1.44 bits per heavy atom. The monoisotopic (exact) mass is 255 g/mol. The standard InChI is InChI=1S/C14H29N3O/c1-12(2)17(10-6-8-14(18)15-3)11-13-7-4-5-9-16-13/h12-13,16H,4-11H2,1-3H3,(H,15,18). The molecule has 0 bridgehead atoms. The fourth-order valence-electron chi connectivity index (χ4n) is 2.49. The fraction of sp³-hybridized carbons (Fsp3) is 0.929. The van der Waals surface area contributed by atoms with Gasteiger partial charge in [0.05, 0.1) is 0 Å². The fourth-order valence-corrected chi connectivity index (χ4v) is 2.49. The number of hydrogen-bond acceptors (Lipinski definition) is 3. The van der Waals surface area contributed by atoms with Crippen LogP contribution in [0.5, 0.6) is 0 Å². The molecule has 1 heterocycles. The van der Waals surface area contributed by atoms with Crippen molar-refractivity contribution in [3.8, 4) is 0 Å². The van der Waals surface area contributed by atoms with Crippen LogP contribution in [-0.4, -0.2) is 49.6 Å². The van der Waals surface area contributed by atoms with Crippen molar-refractivity contribution in [2.75, 3.05) is 26.7 Å². The van der Waals surface area contributed by atoms with E-state index in [1.165, 1.54) is 19.3 Å². The van der Waals surface area contributed by atoms with Crippen LogP contribution in [0.15, 0.2) is 0 Å². The Bertz CT molecular complexity index is 237. The molecule has 0 radical (unpaired) electrons. The largest absolute Gasteiger partial charge is 0.359 e. The van der Waals surface area contributed by atoms with Gasteiger partial charge in [0.2, 0.25) is 5.91 Å². The predicted molar refractivity (Wildman–Crippen MR) is 75.7 cm³/mol. The van der Waals surface area contributed by atoms with Crippen molar-refractivity contribution in [3.63, 3.8) is 0 Å². The van der Waals surface area contributed by atoms with Gasteiger partial charge in [0.1, 0.15) is 0 Å². The van der Waals surface area contributed by atoms with E-state index in [0.29, 0.717) is 18.5 Å². The maximum atomic E-state index is 11.2. The molecule has 1 unspecified atom stereocenters. The summed E-state index contributed by atoms with van der Waals surface area (Å²) in [6.45, 7) is 7.77. The maximum absolute atomic E-state index is 11.2. The molecule has 0 aromatic carbocycles. The van der Waals surface area contributed by atoms with E-state index in [0.717, 1.165) is 26.1 Å². The van der Waals surface area contributed by atoms with Crippen molar-refractivity contribution < 1.29 is 4.79 Å². The second-order valence-electron chi connectivity index (χ2n) is 5.51. The van der Waals surface area contributed by atoms with Crippen LogP contribution in [0.1, 0.15) is 46.0 Å². The Morgan fingerprint density at radius 2 is 2.22 bits per heavy atom. The molecule has 1 fully saturated rings. The third kappa shape index (κ3) is 5.83. The van der Waals surface area contributed by atoms with Crippen LogP contribution in [0, 0.1) is 0 Å². The molecule has 1 saturated heterocycles. The number of nitrogens with one attached hydrogen (secondary N) is 2. The van der Waals surface area contributed by atoms with Gasteiger partial charge in [-0.2, -0.15) is 0 Å². The van der Waals surface area contributed by atoms with Gasteiger partial charge in [-0.15, -0.1) is 0 Å². The van der Waals surface area contributed by atoms with Crippen LogP contribution in [0.25, 0.3) is 0 Å². The number of amides is 1. The highest BCUT2D eigenvalue weighted by molar-refractivity contribution is 5.75. The second-order valence-corrected chi connectivity index (χ2v) is 5.51. The Hall–Kier alpha value is -0.610. The second kappa shape index (κ2) is 8.48. The van der Waals surface area contributed by atoms with Crippen molar-refractivity contribution in [2.45, 2.75) is 58.0 Å². The van der Waals surface area contributed by atoms with E-state index in [1.807, 2.05) is 0 Å². The predicted octanol–water partition coefficient (Wildman–Crippen LogP) is 1.37. The average molecular weight is 255 g/mol. The lowest BCUT2D eigenvalue weighted by Crippen LogP contribution is -2.46. The molecule has 2 N–H and O–H groups in total. The van der Waals surface area contributed by atoms with Crippen LogP contribution in [0.3, 0.4) is 0 Å². The summed E-state index contributed by atoms with van der Waals surface area (Å²) >= 11 is 0. The Labute approximate surface area is 111 Å². The molecule has 1 aliphatic heterocycles. The zero-order valence-corrected chi connectivity index (χ0v) is 12.2. The summed E-state index contributed by atoms with van der Waals surface area (Å²) in [5, 5.41) is 6.27. The number of rotatable bonds is 7. The van der Waals surface area contributed by atoms with Gasteiger partial charge in [0, 0.05) is 32.1 Å². The van der Waals surface area contributed by atoms with Crippen LogP contribution in [-0.2, 0) is 4.79 Å². The van der Waals surface area contributed by atoms with Gasteiger partial charge in [0.25, 0.3) is 0 Å². The molecule has 1 amide bonds. The maximum Gasteiger partial charge on any atom is 0.219 e. The van der Waals surface area contributed by atoms with Gasteiger partial charge >= 0.3 is 0 Å². The highest BCUT2D eigenvalue weighted by Crippen LogP contribution is 2.11. The first kappa shape index (κ1) is 15.4. The summed E-state index contributed by atoms with van der Waals surface area (Å²) in [6, 6.07) is 1.19. The Kier molecular flexibility index (Phi) is 7.28. The van der Waals surface area contributed by atoms with Crippen LogP contribution in [0.2, 0.25) is 0 Å². The summed E-state index contributed by atoms with van der Waals surface area (Å²) in [5.41, 5.74) is 0. The quantitative estimate of drug-likeness (QED) is 0.722. The Balaban J connectivity index is 2.27. The van der Waals surface area contributed by atoms with Crippen molar-refractivity contribution in [1.29, 1.82) is 0 Å². The molecule has 106 valence electrons. The van der Waals surface area contributed by atoms with Crippen LogP contribution >= 0.6 is 0 Å². The lowest BCUT2D eigenvalue weighted by atomic mass is 10.0. The van der Waals surface area contributed by atoms with Crippen molar-refractivity contribution >= 4 is 5.91 Å². The molecule has 0 aromatic heterocycles. The van der Waals surface area contributed by atoms with E-state index in [2.05, 4.69) is 29.4 Å². The summed E-state index contributed by atoms with van der Waals surface area (Å²) in [4.78, 5) is 13.7. The number of piperidine rings is 1. The first-order valence-corrected chi connectivity index (χ1v) is 7.31. The minimum Gasteiger partial charge on any atom is -0.359 e. The molecule has 0 aromatic rings. The minimum atomic E-state index is 0.148. The van der Waals surface area contributed by atoms with Crippen molar-refractivity contribution in [1.82, 2.24) is 15.5 Å². The highest BCUT2D eigenvalue weighted by Gasteiger charge is 2.18. The van der Waals surface area contributed by atoms with Gasteiger partial charge in [-0.3, -0.25) is 9.69 Å². The smallest absolute Gasteiger partial charge is 0.219 e. The zero-order valence-electron chi connectivity index (χ0n) is 12.2.